The zero-order valence-electron chi connectivity index (χ0n) is 11.8. The molecule has 0 fully saturated rings. The van der Waals surface area contributed by atoms with Crippen LogP contribution >= 0.6 is 0 Å². The Morgan fingerprint density at radius 3 is 3.00 bits per heavy atom. The highest BCUT2D eigenvalue weighted by atomic mass is 19.1. The third kappa shape index (κ3) is 2.76. The number of nitrogens with one attached hydrogen (secondary N) is 2. The minimum atomic E-state index is -0.407. The molecule has 114 valence electrons. The van der Waals surface area contributed by atoms with E-state index in [1.807, 2.05) is 0 Å². The zero-order valence-corrected chi connectivity index (χ0v) is 11.8. The van der Waals surface area contributed by atoms with Crippen molar-refractivity contribution in [1.29, 1.82) is 0 Å². The van der Waals surface area contributed by atoms with Crippen molar-refractivity contribution in [2.45, 2.75) is 0 Å². The van der Waals surface area contributed by atoms with Crippen LogP contribution in [0.5, 0.6) is 5.75 Å². The predicted octanol–water partition coefficient (Wildman–Crippen LogP) is 1.30. The molecule has 2 heterocycles. The third-order valence-electron chi connectivity index (χ3n) is 3.19. The van der Waals surface area contributed by atoms with Crippen LogP contribution in [0.25, 0.3) is 11.0 Å². The lowest BCUT2D eigenvalue weighted by Gasteiger charge is -2.17. The Morgan fingerprint density at radius 2 is 2.18 bits per heavy atom. The van der Waals surface area contributed by atoms with E-state index in [9.17, 15) is 9.18 Å². The molecule has 2 N–H and O–H groups in total. The number of halogens is 1. The largest absolute Gasteiger partial charge is 0.489 e. The van der Waals surface area contributed by atoms with Crippen LogP contribution in [0.15, 0.2) is 35.3 Å². The van der Waals surface area contributed by atoms with Gasteiger partial charge in [0.1, 0.15) is 12.0 Å². The molecule has 0 aliphatic heterocycles. The van der Waals surface area contributed by atoms with E-state index in [0.717, 1.165) is 0 Å². The van der Waals surface area contributed by atoms with Crippen LogP contribution in [0.1, 0.15) is 0 Å². The number of anilines is 1. The van der Waals surface area contributed by atoms with Gasteiger partial charge in [0.15, 0.2) is 17.2 Å². The number of likely N-dealkylation sites (N-methyl/N-ethyl adjacent to an activating group) is 1. The number of ether oxygens (including phenoxy) is 1. The Morgan fingerprint density at radius 1 is 1.36 bits per heavy atom. The van der Waals surface area contributed by atoms with Crippen molar-refractivity contribution in [1.82, 2.24) is 20.2 Å². The Labute approximate surface area is 124 Å². The summed E-state index contributed by atoms with van der Waals surface area (Å²) < 4.78 is 18.8. The molecule has 3 aromatic rings. The Kier molecular flexibility index (Phi) is 3.73. The first-order valence-electron chi connectivity index (χ1n) is 6.67. The Hall–Kier alpha value is -2.90. The average molecular weight is 303 g/mol. The average Bonchev–Trinajstić information content (AvgIpc) is 2.98. The fourth-order valence-electron chi connectivity index (χ4n) is 1.97. The van der Waals surface area contributed by atoms with Crippen LogP contribution < -0.4 is 15.2 Å². The molecular formula is C14H14FN5O2. The molecule has 0 aliphatic rings. The molecule has 0 spiro atoms. The van der Waals surface area contributed by atoms with Crippen LogP contribution in [-0.2, 0) is 0 Å². The van der Waals surface area contributed by atoms with Gasteiger partial charge in [0.05, 0.1) is 12.7 Å². The Bertz CT molecular complexity index is 844. The van der Waals surface area contributed by atoms with Gasteiger partial charge in [0, 0.05) is 7.05 Å². The number of aromatic amines is 2. The summed E-state index contributed by atoms with van der Waals surface area (Å²) >= 11 is 0. The summed E-state index contributed by atoms with van der Waals surface area (Å²) in [5.41, 5.74) is 0.149. The van der Waals surface area contributed by atoms with E-state index in [1.165, 1.54) is 12.3 Å². The number of hydrogen-bond acceptors (Lipinski definition) is 5. The molecular weight excluding hydrogens is 289 g/mol. The summed E-state index contributed by atoms with van der Waals surface area (Å²) in [4.78, 5) is 20.5. The van der Waals surface area contributed by atoms with Crippen LogP contribution in [0.4, 0.5) is 10.3 Å². The fourth-order valence-corrected chi connectivity index (χ4v) is 1.97. The van der Waals surface area contributed by atoms with Crippen molar-refractivity contribution in [2.24, 2.45) is 0 Å². The van der Waals surface area contributed by atoms with Gasteiger partial charge in [-0.25, -0.2) is 4.39 Å². The summed E-state index contributed by atoms with van der Waals surface area (Å²) in [6.07, 6.45) is 1.42. The second-order valence-corrected chi connectivity index (χ2v) is 4.72. The molecule has 1 aromatic carbocycles. The van der Waals surface area contributed by atoms with E-state index in [-0.39, 0.29) is 17.9 Å². The monoisotopic (exact) mass is 303 g/mol. The second kappa shape index (κ2) is 5.84. The van der Waals surface area contributed by atoms with Crippen LogP contribution in [0.2, 0.25) is 0 Å². The van der Waals surface area contributed by atoms with Gasteiger partial charge in [-0.2, -0.15) is 10.1 Å². The summed E-state index contributed by atoms with van der Waals surface area (Å²) in [6, 6.07) is 6.20. The molecule has 0 atom stereocenters. The van der Waals surface area contributed by atoms with Crippen molar-refractivity contribution in [3.63, 3.8) is 0 Å². The molecule has 22 heavy (non-hydrogen) atoms. The fraction of sp³-hybridized carbons (Fsp3) is 0.214. The smallest absolute Gasteiger partial charge is 0.263 e. The molecule has 0 unspecified atom stereocenters. The lowest BCUT2D eigenvalue weighted by Crippen LogP contribution is -2.27. The van der Waals surface area contributed by atoms with Crippen molar-refractivity contribution in [3.8, 4) is 5.75 Å². The number of nitrogens with zero attached hydrogens (tertiary/aromatic N) is 3. The van der Waals surface area contributed by atoms with Gasteiger partial charge in [-0.05, 0) is 12.1 Å². The number of rotatable bonds is 5. The summed E-state index contributed by atoms with van der Waals surface area (Å²) in [5.74, 6) is 0.177. The van der Waals surface area contributed by atoms with Crippen molar-refractivity contribution in [3.05, 3.63) is 46.6 Å². The number of aromatic nitrogens is 4. The van der Waals surface area contributed by atoms with Gasteiger partial charge in [-0.15, -0.1) is 0 Å². The lowest BCUT2D eigenvalue weighted by molar-refractivity contribution is 0.308. The van der Waals surface area contributed by atoms with Crippen LogP contribution in [-0.4, -0.2) is 40.4 Å². The van der Waals surface area contributed by atoms with E-state index in [4.69, 9.17) is 4.74 Å². The number of fused-ring (bicyclic) bond motifs is 1. The summed E-state index contributed by atoms with van der Waals surface area (Å²) in [7, 11) is 1.76. The third-order valence-corrected chi connectivity index (χ3v) is 3.19. The molecule has 0 saturated heterocycles. The molecule has 8 heteroatoms. The maximum atomic E-state index is 13.4. The van der Waals surface area contributed by atoms with E-state index < -0.39 is 5.82 Å². The zero-order chi connectivity index (χ0) is 15.5. The first kappa shape index (κ1) is 14.1. The number of benzene rings is 1. The maximum Gasteiger partial charge on any atom is 0.263 e. The molecule has 3 rings (SSSR count). The van der Waals surface area contributed by atoms with E-state index in [2.05, 4.69) is 20.2 Å². The highest BCUT2D eigenvalue weighted by Crippen LogP contribution is 2.15. The lowest BCUT2D eigenvalue weighted by atomic mass is 10.3. The number of para-hydroxylation sites is 1. The minimum Gasteiger partial charge on any atom is -0.489 e. The molecule has 2 aromatic heterocycles. The van der Waals surface area contributed by atoms with E-state index in [1.54, 1.807) is 30.1 Å². The highest BCUT2D eigenvalue weighted by Gasteiger charge is 2.09. The predicted molar refractivity (Wildman–Crippen MR) is 79.7 cm³/mol. The summed E-state index contributed by atoms with van der Waals surface area (Å²) in [6.45, 7) is 0.680. The van der Waals surface area contributed by atoms with Gasteiger partial charge in [-0.1, -0.05) is 12.1 Å². The molecule has 7 nitrogen and oxygen atoms in total. The summed E-state index contributed by atoms with van der Waals surface area (Å²) in [5, 5.41) is 6.84. The minimum absolute atomic E-state index is 0.196. The van der Waals surface area contributed by atoms with Crippen molar-refractivity contribution < 1.29 is 9.13 Å². The topological polar surface area (TPSA) is 86.9 Å². The first-order chi connectivity index (χ1) is 10.6. The molecule has 0 saturated carbocycles. The number of H-pyrrole nitrogens is 2. The highest BCUT2D eigenvalue weighted by molar-refractivity contribution is 5.73. The molecule has 0 radical (unpaired) electrons. The van der Waals surface area contributed by atoms with Gasteiger partial charge in [0.25, 0.3) is 5.56 Å². The van der Waals surface area contributed by atoms with Crippen molar-refractivity contribution in [2.75, 3.05) is 25.1 Å². The van der Waals surface area contributed by atoms with Crippen LogP contribution in [0, 0.1) is 5.82 Å². The normalized spacial score (nSPS) is 10.8. The van der Waals surface area contributed by atoms with Crippen LogP contribution in [0.3, 0.4) is 0 Å². The molecule has 0 bridgehead atoms. The van der Waals surface area contributed by atoms with Crippen molar-refractivity contribution >= 4 is 17.0 Å². The SMILES string of the molecule is CN(CCOc1ccccc1F)c1nc2[nH]ncc2c(=O)[nH]1. The standard InChI is InChI=1S/C14H14FN5O2/c1-20(6-7-22-11-5-3-2-4-10(11)15)14-17-12-9(8-16-19-12)13(21)18-14/h2-5,8H,6-7H2,1H3,(H2,16,17,18,19,21). The molecule has 0 aliphatic carbocycles. The van der Waals surface area contributed by atoms with E-state index >= 15 is 0 Å². The second-order valence-electron chi connectivity index (χ2n) is 4.72. The van der Waals surface area contributed by atoms with Gasteiger partial charge in [0.2, 0.25) is 5.95 Å². The number of hydrogen-bond donors (Lipinski definition) is 2. The van der Waals surface area contributed by atoms with Gasteiger partial charge >= 0.3 is 0 Å². The van der Waals surface area contributed by atoms with E-state index in [0.29, 0.717) is 23.5 Å². The van der Waals surface area contributed by atoms with Gasteiger partial charge in [-0.3, -0.25) is 14.9 Å². The Balaban J connectivity index is 1.67. The maximum absolute atomic E-state index is 13.4. The first-order valence-corrected chi connectivity index (χ1v) is 6.67. The quantitative estimate of drug-likeness (QED) is 0.742. The molecule has 0 amide bonds. The van der Waals surface area contributed by atoms with Gasteiger partial charge < -0.3 is 9.64 Å².